The molecule has 0 aliphatic carbocycles. The molecule has 6 atom stereocenters. The Labute approximate surface area is 88.4 Å². The average molecular weight is 300 g/mol. The van der Waals surface area contributed by atoms with Crippen molar-refractivity contribution in [3.63, 3.8) is 0 Å². The lowest BCUT2D eigenvalue weighted by Gasteiger charge is -2.13. The van der Waals surface area contributed by atoms with Gasteiger partial charge in [-0.25, -0.2) is 0 Å². The van der Waals surface area contributed by atoms with E-state index in [1.165, 1.54) is 0 Å². The topological polar surface area (TPSA) is 57.2 Å². The second-order valence-corrected chi connectivity index (χ2v) is 4.36. The highest BCUT2D eigenvalue weighted by atomic mass is 127. The van der Waals surface area contributed by atoms with Crippen molar-refractivity contribution in [3.8, 4) is 0 Å². The van der Waals surface area contributed by atoms with E-state index in [9.17, 15) is 5.11 Å². The Morgan fingerprint density at radius 3 is 2.77 bits per heavy atom. The number of alkyl halides is 1. The molecule has 3 heterocycles. The van der Waals surface area contributed by atoms with Crippen LogP contribution in [0.1, 0.15) is 6.42 Å². The molecule has 0 amide bonds. The summed E-state index contributed by atoms with van der Waals surface area (Å²) in [5, 5.41) is 9.22. The van der Waals surface area contributed by atoms with Crippen molar-refractivity contribution in [1.82, 2.24) is 0 Å². The second-order valence-electron chi connectivity index (χ2n) is 3.35. The summed E-state index contributed by atoms with van der Waals surface area (Å²) < 4.78 is 21.3. The van der Waals surface area contributed by atoms with Gasteiger partial charge in [-0.05, 0) is 22.6 Å². The lowest BCUT2D eigenvalue weighted by Crippen LogP contribution is -2.30. The lowest BCUT2D eigenvalue weighted by atomic mass is 10.1. The number of fused-ring (bicyclic) bond motifs is 3. The van der Waals surface area contributed by atoms with Gasteiger partial charge in [0, 0.05) is 6.42 Å². The molecular formula is C7H9IO5. The fraction of sp³-hybridized carbons (Fsp3) is 1.00. The van der Waals surface area contributed by atoms with E-state index in [1.54, 1.807) is 0 Å². The molecule has 3 fully saturated rings. The van der Waals surface area contributed by atoms with Crippen molar-refractivity contribution in [1.29, 1.82) is 0 Å². The number of aliphatic hydroxyl groups excluding tert-OH is 1. The third kappa shape index (κ3) is 1.31. The predicted octanol–water partition coefficient (Wildman–Crippen LogP) is -0.0474. The van der Waals surface area contributed by atoms with Crippen LogP contribution in [0, 0.1) is 0 Å². The zero-order valence-corrected chi connectivity index (χ0v) is 8.79. The zero-order valence-electron chi connectivity index (χ0n) is 6.63. The standard InChI is InChI=1S/C7H9IO5/c8-7-12-5-4-2(1-3(9)11-4)10-6(5)13-7/h2-7,9H,1H2. The quantitative estimate of drug-likeness (QED) is 0.502. The van der Waals surface area contributed by atoms with Gasteiger partial charge in [0.25, 0.3) is 0 Å². The Morgan fingerprint density at radius 1 is 1.08 bits per heavy atom. The molecule has 3 aliphatic heterocycles. The normalized spacial score (nSPS) is 59.5. The van der Waals surface area contributed by atoms with Gasteiger partial charge in [-0.1, -0.05) is 0 Å². The molecule has 0 radical (unpaired) electrons. The smallest absolute Gasteiger partial charge is 0.213 e. The molecule has 3 saturated heterocycles. The number of halogens is 1. The van der Waals surface area contributed by atoms with Gasteiger partial charge in [-0.3, -0.25) is 0 Å². The fourth-order valence-corrected chi connectivity index (χ4v) is 2.62. The summed E-state index contributed by atoms with van der Waals surface area (Å²) in [5.74, 6) is 0. The van der Waals surface area contributed by atoms with Crippen LogP contribution in [0.3, 0.4) is 0 Å². The van der Waals surface area contributed by atoms with E-state index in [-0.39, 0.29) is 28.9 Å². The third-order valence-corrected chi connectivity index (χ3v) is 3.11. The van der Waals surface area contributed by atoms with Gasteiger partial charge in [0.2, 0.25) is 4.30 Å². The molecule has 3 rings (SSSR count). The molecule has 0 aromatic rings. The van der Waals surface area contributed by atoms with Crippen LogP contribution in [0.15, 0.2) is 0 Å². The Balaban J connectivity index is 1.77. The second kappa shape index (κ2) is 3.01. The maximum Gasteiger partial charge on any atom is 0.213 e. The molecule has 6 unspecified atom stereocenters. The summed E-state index contributed by atoms with van der Waals surface area (Å²) in [6.07, 6.45) is -0.939. The van der Waals surface area contributed by atoms with Crippen molar-refractivity contribution < 1.29 is 24.1 Å². The Bertz CT molecular complexity index is 203. The molecule has 0 saturated carbocycles. The van der Waals surface area contributed by atoms with Gasteiger partial charge in [0.1, 0.15) is 12.2 Å². The van der Waals surface area contributed by atoms with Crippen molar-refractivity contribution in [3.05, 3.63) is 0 Å². The average Bonchev–Trinajstić information content (AvgIpc) is 2.60. The van der Waals surface area contributed by atoms with Gasteiger partial charge < -0.3 is 24.1 Å². The van der Waals surface area contributed by atoms with E-state index >= 15 is 0 Å². The summed E-state index contributed by atoms with van der Waals surface area (Å²) >= 11 is 2.04. The minimum atomic E-state index is -0.715. The highest BCUT2D eigenvalue weighted by molar-refractivity contribution is 14.1. The maximum absolute atomic E-state index is 9.22. The van der Waals surface area contributed by atoms with Crippen LogP contribution < -0.4 is 0 Å². The Kier molecular flexibility index (Phi) is 2.04. The molecule has 13 heavy (non-hydrogen) atoms. The molecule has 0 aromatic heterocycles. The van der Waals surface area contributed by atoms with Gasteiger partial charge in [-0.2, -0.15) is 0 Å². The van der Waals surface area contributed by atoms with Crippen LogP contribution in [0.25, 0.3) is 0 Å². The molecule has 0 bridgehead atoms. The van der Waals surface area contributed by atoms with E-state index in [4.69, 9.17) is 18.9 Å². The zero-order chi connectivity index (χ0) is 9.00. The van der Waals surface area contributed by atoms with E-state index in [0.29, 0.717) is 6.42 Å². The maximum atomic E-state index is 9.22. The van der Waals surface area contributed by atoms with E-state index in [0.717, 1.165) is 0 Å². The highest BCUT2D eigenvalue weighted by Crippen LogP contribution is 2.40. The van der Waals surface area contributed by atoms with E-state index < -0.39 is 6.29 Å². The van der Waals surface area contributed by atoms with Crippen molar-refractivity contribution in [2.75, 3.05) is 0 Å². The number of rotatable bonds is 0. The van der Waals surface area contributed by atoms with Crippen molar-refractivity contribution in [2.24, 2.45) is 0 Å². The van der Waals surface area contributed by atoms with Crippen LogP contribution in [0.4, 0.5) is 0 Å². The molecule has 74 valence electrons. The van der Waals surface area contributed by atoms with E-state index in [1.807, 2.05) is 22.6 Å². The van der Waals surface area contributed by atoms with Gasteiger partial charge in [0.15, 0.2) is 12.6 Å². The Hall–Kier alpha value is 0.530. The first kappa shape index (κ1) is 8.81. The number of aliphatic hydroxyl groups is 1. The SMILES string of the molecule is OC1CC2OC3OC(I)OC3C2O1. The first-order chi connectivity index (χ1) is 6.24. The van der Waals surface area contributed by atoms with Crippen LogP contribution in [0.2, 0.25) is 0 Å². The Morgan fingerprint density at radius 2 is 1.92 bits per heavy atom. The fourth-order valence-electron chi connectivity index (χ4n) is 2.00. The van der Waals surface area contributed by atoms with E-state index in [2.05, 4.69) is 0 Å². The highest BCUT2D eigenvalue weighted by Gasteiger charge is 2.56. The summed E-state index contributed by atoms with van der Waals surface area (Å²) in [4.78, 5) is 0. The number of hydrogen-bond acceptors (Lipinski definition) is 5. The monoisotopic (exact) mass is 300 g/mol. The molecule has 3 aliphatic rings. The van der Waals surface area contributed by atoms with Gasteiger partial charge in [0.05, 0.1) is 6.10 Å². The molecular weight excluding hydrogens is 291 g/mol. The van der Waals surface area contributed by atoms with Crippen LogP contribution in [-0.2, 0) is 18.9 Å². The molecule has 5 nitrogen and oxygen atoms in total. The molecule has 0 spiro atoms. The van der Waals surface area contributed by atoms with Crippen molar-refractivity contribution >= 4 is 22.6 Å². The number of hydrogen-bond donors (Lipinski definition) is 1. The minimum absolute atomic E-state index is 0.0751. The molecule has 0 aromatic carbocycles. The first-order valence-corrected chi connectivity index (χ1v) is 5.42. The summed E-state index contributed by atoms with van der Waals surface area (Å²) in [6, 6.07) is 0. The van der Waals surface area contributed by atoms with Crippen molar-refractivity contribution in [2.45, 2.75) is 41.6 Å². The molecule has 6 heteroatoms. The number of ether oxygens (including phenoxy) is 4. The first-order valence-electron chi connectivity index (χ1n) is 4.18. The third-order valence-electron chi connectivity index (χ3n) is 2.52. The van der Waals surface area contributed by atoms with Crippen LogP contribution in [0.5, 0.6) is 0 Å². The largest absolute Gasteiger partial charge is 0.368 e. The van der Waals surface area contributed by atoms with Crippen LogP contribution in [-0.4, -0.2) is 40.3 Å². The minimum Gasteiger partial charge on any atom is -0.368 e. The summed E-state index contributed by atoms with van der Waals surface area (Å²) in [6.45, 7) is 0. The lowest BCUT2D eigenvalue weighted by molar-refractivity contribution is -0.123. The van der Waals surface area contributed by atoms with Crippen LogP contribution >= 0.6 is 22.6 Å². The van der Waals surface area contributed by atoms with Gasteiger partial charge in [-0.15, -0.1) is 0 Å². The molecule has 1 N–H and O–H groups in total. The summed E-state index contributed by atoms with van der Waals surface area (Å²) in [5.41, 5.74) is 0. The predicted molar refractivity (Wildman–Crippen MR) is 47.9 cm³/mol. The summed E-state index contributed by atoms with van der Waals surface area (Å²) in [7, 11) is 0. The van der Waals surface area contributed by atoms with Gasteiger partial charge >= 0.3 is 0 Å².